The topological polar surface area (TPSA) is 9.23 Å². The van der Waals surface area contributed by atoms with E-state index in [9.17, 15) is 30.7 Å². The van der Waals surface area contributed by atoms with Gasteiger partial charge in [0.1, 0.15) is 29.0 Å². The Morgan fingerprint density at radius 1 is 0.617 bits per heavy atom. The van der Waals surface area contributed by atoms with Gasteiger partial charge in [-0.25, -0.2) is 17.6 Å². The normalized spacial score (nSPS) is 17.1. The molecule has 0 heterocycles. The zero-order valence-electron chi connectivity index (χ0n) is 25.5. The monoisotopic (exact) mass is 664 g/mol. The van der Waals surface area contributed by atoms with Crippen LogP contribution in [0.15, 0.2) is 72.8 Å². The Labute approximate surface area is 267 Å². The van der Waals surface area contributed by atoms with E-state index in [4.69, 9.17) is 0 Å². The maximum absolute atomic E-state index is 15.3. The van der Waals surface area contributed by atoms with E-state index in [0.717, 1.165) is 49.3 Å². The van der Waals surface area contributed by atoms with Crippen molar-refractivity contribution in [1.29, 1.82) is 0 Å². The van der Waals surface area contributed by atoms with Gasteiger partial charge in [0, 0.05) is 17.2 Å². The van der Waals surface area contributed by atoms with Gasteiger partial charge in [-0.2, -0.15) is 22.0 Å². The first-order valence-corrected chi connectivity index (χ1v) is 15.6. The minimum Gasteiger partial charge on any atom is -0.429 e. The van der Waals surface area contributed by atoms with E-state index in [-0.39, 0.29) is 40.3 Å². The van der Waals surface area contributed by atoms with Crippen LogP contribution in [0.2, 0.25) is 0 Å². The standard InChI is InChI=1S/C37H33F9O/c1-2-3-4-5-22-6-8-23(9-7-22)24-10-14-28(32(38)18-24)25-11-15-29(33(39)19-25)26-12-16-31(34(40)20-26)37(45,46)47-27-13-17-30(35(41)21-27)36(42,43)44/h10-23H,2-9H2,1H3. The fourth-order valence-corrected chi connectivity index (χ4v) is 6.31. The second kappa shape index (κ2) is 14.0. The molecule has 5 rings (SSSR count). The molecule has 47 heavy (non-hydrogen) atoms. The van der Waals surface area contributed by atoms with Gasteiger partial charge in [-0.15, -0.1) is 0 Å². The van der Waals surface area contributed by atoms with E-state index in [1.165, 1.54) is 43.9 Å². The van der Waals surface area contributed by atoms with Crippen LogP contribution < -0.4 is 4.74 Å². The van der Waals surface area contributed by atoms with Gasteiger partial charge in [0.05, 0.1) is 11.1 Å². The molecule has 1 nitrogen and oxygen atoms in total. The van der Waals surface area contributed by atoms with E-state index in [0.29, 0.717) is 18.2 Å². The third-order valence-corrected chi connectivity index (χ3v) is 8.89. The molecule has 0 bridgehead atoms. The van der Waals surface area contributed by atoms with Crippen LogP contribution in [-0.4, -0.2) is 0 Å². The van der Waals surface area contributed by atoms with Crippen LogP contribution in [0.5, 0.6) is 5.75 Å². The zero-order chi connectivity index (χ0) is 33.9. The number of hydrogen-bond acceptors (Lipinski definition) is 1. The van der Waals surface area contributed by atoms with Crippen LogP contribution in [0.1, 0.15) is 80.9 Å². The summed E-state index contributed by atoms with van der Waals surface area (Å²) < 4.78 is 131. The molecule has 0 unspecified atom stereocenters. The fourth-order valence-electron chi connectivity index (χ4n) is 6.31. The largest absolute Gasteiger partial charge is 0.429 e. The summed E-state index contributed by atoms with van der Waals surface area (Å²) in [5.74, 6) is -4.65. The molecule has 250 valence electrons. The summed E-state index contributed by atoms with van der Waals surface area (Å²) in [5.41, 5.74) is -1.88. The molecular weight excluding hydrogens is 631 g/mol. The summed E-state index contributed by atoms with van der Waals surface area (Å²) >= 11 is 0. The highest BCUT2D eigenvalue weighted by Crippen LogP contribution is 2.41. The lowest BCUT2D eigenvalue weighted by Crippen LogP contribution is -2.23. The number of halogens is 9. The van der Waals surface area contributed by atoms with Gasteiger partial charge in [0.25, 0.3) is 0 Å². The van der Waals surface area contributed by atoms with Crippen molar-refractivity contribution in [3.8, 4) is 28.0 Å². The van der Waals surface area contributed by atoms with E-state index >= 15 is 8.78 Å². The smallest absolute Gasteiger partial charge is 0.429 e. The van der Waals surface area contributed by atoms with E-state index in [1.807, 2.05) is 6.07 Å². The summed E-state index contributed by atoms with van der Waals surface area (Å²) in [7, 11) is 0. The lowest BCUT2D eigenvalue weighted by atomic mass is 9.77. The molecule has 0 saturated heterocycles. The summed E-state index contributed by atoms with van der Waals surface area (Å²) in [6.07, 6.45) is -0.297. The minimum atomic E-state index is -5.05. The molecule has 0 amide bonds. The summed E-state index contributed by atoms with van der Waals surface area (Å²) in [5, 5.41) is 0. The fraction of sp³-hybridized carbons (Fsp3) is 0.351. The maximum atomic E-state index is 15.3. The number of unbranched alkanes of at least 4 members (excludes halogenated alkanes) is 2. The lowest BCUT2D eigenvalue weighted by molar-refractivity contribution is -0.187. The molecule has 0 radical (unpaired) electrons. The molecule has 10 heteroatoms. The summed E-state index contributed by atoms with van der Waals surface area (Å²) in [4.78, 5) is 0. The maximum Gasteiger partial charge on any atom is 0.429 e. The minimum absolute atomic E-state index is 0.104. The number of benzene rings is 4. The van der Waals surface area contributed by atoms with Gasteiger partial charge in [0.15, 0.2) is 0 Å². The highest BCUT2D eigenvalue weighted by molar-refractivity contribution is 5.72. The quantitative estimate of drug-likeness (QED) is 0.121. The zero-order valence-corrected chi connectivity index (χ0v) is 25.5. The van der Waals surface area contributed by atoms with Crippen molar-refractivity contribution in [2.75, 3.05) is 0 Å². The number of ether oxygens (including phenoxy) is 1. The predicted octanol–water partition coefficient (Wildman–Crippen LogP) is 12.6. The van der Waals surface area contributed by atoms with Crippen LogP contribution >= 0.6 is 0 Å². The average Bonchev–Trinajstić information content (AvgIpc) is 3.00. The van der Waals surface area contributed by atoms with E-state index in [2.05, 4.69) is 11.7 Å². The Morgan fingerprint density at radius 3 is 1.77 bits per heavy atom. The number of alkyl halides is 5. The van der Waals surface area contributed by atoms with E-state index < -0.39 is 52.4 Å². The van der Waals surface area contributed by atoms with Crippen LogP contribution in [0.3, 0.4) is 0 Å². The van der Waals surface area contributed by atoms with Gasteiger partial charge >= 0.3 is 12.3 Å². The summed E-state index contributed by atoms with van der Waals surface area (Å²) in [6, 6.07) is 11.9. The van der Waals surface area contributed by atoms with Crippen molar-refractivity contribution >= 4 is 0 Å². The van der Waals surface area contributed by atoms with Crippen molar-refractivity contribution < 1.29 is 44.3 Å². The molecule has 1 aliphatic rings. The highest BCUT2D eigenvalue weighted by atomic mass is 19.4. The van der Waals surface area contributed by atoms with Crippen molar-refractivity contribution in [2.45, 2.75) is 76.5 Å². The molecular formula is C37H33F9O. The number of hydrogen-bond donors (Lipinski definition) is 0. The van der Waals surface area contributed by atoms with E-state index in [1.54, 1.807) is 6.07 Å². The first kappa shape index (κ1) is 34.4. The Bertz CT molecular complexity index is 1710. The molecule has 4 aromatic carbocycles. The van der Waals surface area contributed by atoms with Crippen LogP contribution in [0, 0.1) is 29.2 Å². The van der Waals surface area contributed by atoms with Crippen LogP contribution in [0.25, 0.3) is 22.3 Å². The molecule has 0 atom stereocenters. The second-order valence-electron chi connectivity index (χ2n) is 12.1. The molecule has 4 aromatic rings. The van der Waals surface area contributed by atoms with Crippen molar-refractivity contribution in [3.05, 3.63) is 113 Å². The Kier molecular flexibility index (Phi) is 10.3. The Hall–Kier alpha value is -3.95. The first-order valence-electron chi connectivity index (χ1n) is 15.6. The van der Waals surface area contributed by atoms with Crippen molar-refractivity contribution in [3.63, 3.8) is 0 Å². The summed E-state index contributed by atoms with van der Waals surface area (Å²) in [6.45, 7) is 2.19. The SMILES string of the molecule is CCCCCC1CCC(c2ccc(-c3ccc(-c4ccc(C(F)(F)Oc5ccc(C(F)(F)F)c(F)c5)c(F)c4)c(F)c3)c(F)c2)CC1. The van der Waals surface area contributed by atoms with Gasteiger partial charge in [-0.1, -0.05) is 62.9 Å². The molecule has 0 aromatic heterocycles. The molecule has 1 fully saturated rings. The third-order valence-electron chi connectivity index (χ3n) is 8.89. The average molecular weight is 665 g/mol. The van der Waals surface area contributed by atoms with Gasteiger partial charge in [0.2, 0.25) is 0 Å². The Balaban J connectivity index is 1.28. The van der Waals surface area contributed by atoms with Gasteiger partial charge in [-0.05, 0) is 90.6 Å². The van der Waals surface area contributed by atoms with Gasteiger partial charge < -0.3 is 4.74 Å². The lowest BCUT2D eigenvalue weighted by Gasteiger charge is -2.29. The van der Waals surface area contributed by atoms with Crippen LogP contribution in [0.4, 0.5) is 39.5 Å². The van der Waals surface area contributed by atoms with Crippen LogP contribution in [-0.2, 0) is 12.3 Å². The molecule has 0 spiro atoms. The third kappa shape index (κ3) is 7.96. The molecule has 1 saturated carbocycles. The number of rotatable bonds is 10. The van der Waals surface area contributed by atoms with Gasteiger partial charge in [-0.3, -0.25) is 0 Å². The molecule has 0 aliphatic heterocycles. The van der Waals surface area contributed by atoms with Crippen molar-refractivity contribution in [2.24, 2.45) is 5.92 Å². The first-order chi connectivity index (χ1) is 22.3. The Morgan fingerprint density at radius 2 is 1.19 bits per heavy atom. The highest BCUT2D eigenvalue weighted by Gasteiger charge is 2.39. The molecule has 0 N–H and O–H groups in total. The van der Waals surface area contributed by atoms with Crippen molar-refractivity contribution in [1.82, 2.24) is 0 Å². The second-order valence-corrected chi connectivity index (χ2v) is 12.1. The molecule has 1 aliphatic carbocycles. The predicted molar refractivity (Wildman–Crippen MR) is 162 cm³/mol.